The zero-order valence-electron chi connectivity index (χ0n) is 9.77. The van der Waals surface area contributed by atoms with Crippen molar-refractivity contribution >= 4 is 17.2 Å². The van der Waals surface area contributed by atoms with Gasteiger partial charge in [-0.3, -0.25) is 0 Å². The van der Waals surface area contributed by atoms with Crippen molar-refractivity contribution in [2.24, 2.45) is 5.73 Å². The second kappa shape index (κ2) is 6.45. The molecule has 4 heteroatoms. The molecule has 2 N–H and O–H groups in total. The molecule has 0 amide bonds. The van der Waals surface area contributed by atoms with E-state index in [-0.39, 0.29) is 0 Å². The van der Waals surface area contributed by atoms with E-state index in [1.165, 1.54) is 0 Å². The van der Waals surface area contributed by atoms with Crippen molar-refractivity contribution in [2.45, 2.75) is 6.42 Å². The van der Waals surface area contributed by atoms with E-state index in [2.05, 4.69) is 4.90 Å². The van der Waals surface area contributed by atoms with Gasteiger partial charge in [-0.2, -0.15) is 0 Å². The van der Waals surface area contributed by atoms with Gasteiger partial charge in [0, 0.05) is 13.0 Å². The molecule has 0 saturated heterocycles. The minimum Gasteiger partial charge on any atom is -0.492 e. The zero-order valence-corrected chi connectivity index (χ0v) is 10.6. The van der Waals surface area contributed by atoms with Crippen molar-refractivity contribution in [3.63, 3.8) is 0 Å². The summed E-state index contributed by atoms with van der Waals surface area (Å²) in [6.07, 6.45) is 0.646. The Morgan fingerprint density at radius 3 is 2.44 bits per heavy atom. The van der Waals surface area contributed by atoms with Gasteiger partial charge in [0.1, 0.15) is 12.4 Å². The largest absolute Gasteiger partial charge is 0.492 e. The molecule has 88 valence electrons. The summed E-state index contributed by atoms with van der Waals surface area (Å²) in [5.74, 6) is 0.883. The number of likely N-dealkylation sites (N-methyl/N-ethyl adjacent to an activating group) is 1. The van der Waals surface area contributed by atoms with Crippen LogP contribution in [0.25, 0.3) is 0 Å². The van der Waals surface area contributed by atoms with Gasteiger partial charge in [0.05, 0.1) is 4.99 Å². The molecule has 1 rings (SSSR count). The maximum absolute atomic E-state index is 5.57. The molecular formula is C12H18N2OS. The first-order chi connectivity index (χ1) is 7.58. The normalized spacial score (nSPS) is 10.4. The molecule has 3 nitrogen and oxygen atoms in total. The average molecular weight is 238 g/mol. The van der Waals surface area contributed by atoms with Gasteiger partial charge in [0.25, 0.3) is 0 Å². The van der Waals surface area contributed by atoms with Crippen LogP contribution >= 0.6 is 12.2 Å². The topological polar surface area (TPSA) is 38.5 Å². The Hall–Kier alpha value is -1.13. The summed E-state index contributed by atoms with van der Waals surface area (Å²) in [7, 11) is 4.04. The predicted octanol–water partition coefficient (Wildman–Crippen LogP) is 1.46. The Labute approximate surface area is 102 Å². The number of ether oxygens (including phenoxy) is 1. The molecule has 0 atom stereocenters. The van der Waals surface area contributed by atoms with E-state index in [0.29, 0.717) is 18.0 Å². The van der Waals surface area contributed by atoms with Gasteiger partial charge < -0.3 is 15.4 Å². The monoisotopic (exact) mass is 238 g/mol. The minimum atomic E-state index is 0.515. The van der Waals surface area contributed by atoms with E-state index < -0.39 is 0 Å². The third-order valence-corrected chi connectivity index (χ3v) is 2.25. The number of rotatable bonds is 6. The SMILES string of the molecule is CN(C)CCOc1ccc(CC(N)=S)cc1. The standard InChI is InChI=1S/C12H18N2OS/c1-14(2)7-8-15-11-5-3-10(4-6-11)9-12(13)16/h3-6H,7-9H2,1-2H3,(H2,13,16). The maximum atomic E-state index is 5.57. The summed E-state index contributed by atoms with van der Waals surface area (Å²) >= 11 is 4.85. The van der Waals surface area contributed by atoms with Crippen molar-refractivity contribution in [1.29, 1.82) is 0 Å². The Bertz CT molecular complexity index is 335. The molecule has 0 saturated carbocycles. The summed E-state index contributed by atoms with van der Waals surface area (Å²) in [4.78, 5) is 2.60. The Kier molecular flexibility index (Phi) is 5.22. The second-order valence-corrected chi connectivity index (χ2v) is 4.46. The van der Waals surface area contributed by atoms with Gasteiger partial charge in [-0.05, 0) is 31.8 Å². The number of thiocarbonyl (C=S) groups is 1. The Morgan fingerprint density at radius 1 is 1.31 bits per heavy atom. The van der Waals surface area contributed by atoms with Crippen molar-refractivity contribution in [3.8, 4) is 5.75 Å². The molecule has 0 aliphatic heterocycles. The number of benzene rings is 1. The molecule has 1 aromatic carbocycles. The molecule has 0 fully saturated rings. The van der Waals surface area contributed by atoms with Crippen LogP contribution in [0.4, 0.5) is 0 Å². The molecule has 0 aliphatic rings. The van der Waals surface area contributed by atoms with Crippen molar-refractivity contribution in [2.75, 3.05) is 27.2 Å². The van der Waals surface area contributed by atoms with Crippen LogP contribution in [0.2, 0.25) is 0 Å². The minimum absolute atomic E-state index is 0.515. The lowest BCUT2D eigenvalue weighted by molar-refractivity contribution is 0.261. The van der Waals surface area contributed by atoms with Gasteiger partial charge >= 0.3 is 0 Å². The molecule has 16 heavy (non-hydrogen) atoms. The summed E-state index contributed by atoms with van der Waals surface area (Å²) in [6, 6.07) is 7.88. The molecule has 0 aliphatic carbocycles. The maximum Gasteiger partial charge on any atom is 0.119 e. The summed E-state index contributed by atoms with van der Waals surface area (Å²) in [5, 5.41) is 0. The molecule has 0 radical (unpaired) electrons. The molecular weight excluding hydrogens is 220 g/mol. The molecule has 0 aromatic heterocycles. The van der Waals surface area contributed by atoms with Crippen molar-refractivity contribution in [3.05, 3.63) is 29.8 Å². The van der Waals surface area contributed by atoms with Crippen molar-refractivity contribution in [1.82, 2.24) is 4.90 Å². The predicted molar refractivity (Wildman–Crippen MR) is 71.0 cm³/mol. The molecule has 1 aromatic rings. The lowest BCUT2D eigenvalue weighted by Crippen LogP contribution is -2.19. The van der Waals surface area contributed by atoms with Crippen molar-refractivity contribution < 1.29 is 4.74 Å². The first-order valence-electron chi connectivity index (χ1n) is 5.22. The van der Waals surface area contributed by atoms with Crippen LogP contribution < -0.4 is 10.5 Å². The second-order valence-electron chi connectivity index (χ2n) is 3.94. The van der Waals surface area contributed by atoms with Gasteiger partial charge in [-0.15, -0.1) is 0 Å². The smallest absolute Gasteiger partial charge is 0.119 e. The number of nitrogens with two attached hydrogens (primary N) is 1. The highest BCUT2D eigenvalue weighted by Gasteiger charge is 1.97. The van der Waals surface area contributed by atoms with Gasteiger partial charge in [0.2, 0.25) is 0 Å². The van der Waals surface area contributed by atoms with Crippen LogP contribution in [0.15, 0.2) is 24.3 Å². The van der Waals surface area contributed by atoms with E-state index >= 15 is 0 Å². The van der Waals surface area contributed by atoms with Crippen LogP contribution in [-0.4, -0.2) is 37.1 Å². The zero-order chi connectivity index (χ0) is 12.0. The van der Waals surface area contributed by atoms with Crippen LogP contribution in [-0.2, 0) is 6.42 Å². The van der Waals surface area contributed by atoms with Gasteiger partial charge in [-0.1, -0.05) is 24.4 Å². The lowest BCUT2D eigenvalue weighted by atomic mass is 10.1. The van der Waals surface area contributed by atoms with E-state index in [1.54, 1.807) is 0 Å². The van der Waals surface area contributed by atoms with E-state index in [9.17, 15) is 0 Å². The van der Waals surface area contributed by atoms with E-state index in [0.717, 1.165) is 17.9 Å². The fraction of sp³-hybridized carbons (Fsp3) is 0.417. The highest BCUT2D eigenvalue weighted by Crippen LogP contribution is 2.12. The van der Waals surface area contributed by atoms with Gasteiger partial charge in [0.15, 0.2) is 0 Å². The van der Waals surface area contributed by atoms with Crippen LogP contribution in [0, 0.1) is 0 Å². The lowest BCUT2D eigenvalue weighted by Gasteiger charge is -2.11. The quantitative estimate of drug-likeness (QED) is 0.761. The molecule has 0 spiro atoms. The fourth-order valence-electron chi connectivity index (χ4n) is 1.25. The van der Waals surface area contributed by atoms with Crippen LogP contribution in [0.5, 0.6) is 5.75 Å². The molecule has 0 unspecified atom stereocenters. The summed E-state index contributed by atoms with van der Waals surface area (Å²) < 4.78 is 5.57. The van der Waals surface area contributed by atoms with E-state index in [1.807, 2.05) is 38.4 Å². The summed E-state index contributed by atoms with van der Waals surface area (Å²) in [6.45, 7) is 1.61. The number of hydrogen-bond donors (Lipinski definition) is 1. The summed E-state index contributed by atoms with van der Waals surface area (Å²) in [5.41, 5.74) is 6.59. The average Bonchev–Trinajstić information content (AvgIpc) is 2.19. The fourth-order valence-corrected chi connectivity index (χ4v) is 1.42. The highest BCUT2D eigenvalue weighted by atomic mass is 32.1. The third kappa shape index (κ3) is 5.09. The molecule has 0 bridgehead atoms. The highest BCUT2D eigenvalue weighted by molar-refractivity contribution is 7.80. The Morgan fingerprint density at radius 2 is 1.94 bits per heavy atom. The molecule has 0 heterocycles. The number of nitrogens with zero attached hydrogens (tertiary/aromatic N) is 1. The first kappa shape index (κ1) is 12.9. The third-order valence-electron chi connectivity index (χ3n) is 2.11. The van der Waals surface area contributed by atoms with Crippen LogP contribution in [0.3, 0.4) is 0 Å². The first-order valence-corrected chi connectivity index (χ1v) is 5.63. The van der Waals surface area contributed by atoms with E-state index in [4.69, 9.17) is 22.7 Å². The van der Waals surface area contributed by atoms with Crippen LogP contribution in [0.1, 0.15) is 5.56 Å². The van der Waals surface area contributed by atoms with Gasteiger partial charge in [-0.25, -0.2) is 0 Å². The number of hydrogen-bond acceptors (Lipinski definition) is 3. The Balaban J connectivity index is 2.42.